The predicted octanol–water partition coefficient (Wildman–Crippen LogP) is 2.73. The highest BCUT2D eigenvalue weighted by atomic mass is 32.2. The van der Waals surface area contributed by atoms with E-state index in [1.165, 1.54) is 31.0 Å². The Labute approximate surface area is 187 Å². The van der Waals surface area contributed by atoms with Gasteiger partial charge in [0.2, 0.25) is 5.91 Å². The summed E-state index contributed by atoms with van der Waals surface area (Å²) in [7, 11) is 3.47. The molecule has 2 amide bonds. The van der Waals surface area contributed by atoms with Gasteiger partial charge >= 0.3 is 0 Å². The smallest absolute Gasteiger partial charge is 0.251 e. The molecular weight excluding hydrogens is 414 g/mol. The highest BCUT2D eigenvalue weighted by Crippen LogP contribution is 2.23. The summed E-state index contributed by atoms with van der Waals surface area (Å²) >= 11 is 1.41. The maximum Gasteiger partial charge on any atom is 0.251 e. The number of rotatable bonds is 9. The number of benzene rings is 1. The van der Waals surface area contributed by atoms with E-state index in [0.29, 0.717) is 35.5 Å². The third-order valence-corrected chi connectivity index (χ3v) is 6.65. The van der Waals surface area contributed by atoms with Crippen LogP contribution in [0.1, 0.15) is 55.2 Å². The van der Waals surface area contributed by atoms with Crippen LogP contribution in [0.4, 0.5) is 0 Å². The predicted molar refractivity (Wildman–Crippen MR) is 120 cm³/mol. The van der Waals surface area contributed by atoms with Gasteiger partial charge in [-0.05, 0) is 44.0 Å². The number of hydrogen-bond acceptors (Lipinski definition) is 6. The van der Waals surface area contributed by atoms with Crippen LogP contribution in [0.3, 0.4) is 0 Å². The van der Waals surface area contributed by atoms with Crippen molar-refractivity contribution in [1.82, 2.24) is 25.4 Å². The summed E-state index contributed by atoms with van der Waals surface area (Å²) in [5.74, 6) is 1.38. The van der Waals surface area contributed by atoms with E-state index < -0.39 is 0 Å². The number of hydrogen-bond donors (Lipinski definition) is 2. The number of carbonyl (C=O) groups is 2. The molecule has 1 atom stereocenters. The second-order valence-electron chi connectivity index (χ2n) is 7.80. The Morgan fingerprint density at radius 3 is 2.58 bits per heavy atom. The van der Waals surface area contributed by atoms with E-state index in [0.717, 1.165) is 18.7 Å². The monoisotopic (exact) mass is 445 g/mol. The summed E-state index contributed by atoms with van der Waals surface area (Å²) in [6.45, 7) is 2.34. The summed E-state index contributed by atoms with van der Waals surface area (Å²) in [6, 6.07) is 7.27. The minimum absolute atomic E-state index is 0.0493. The van der Waals surface area contributed by atoms with Crippen LogP contribution >= 0.6 is 11.8 Å². The van der Waals surface area contributed by atoms with Crippen LogP contribution in [-0.4, -0.2) is 51.5 Å². The standard InChI is InChI=1S/C22H31N5O3S/c1-15(20(28)24-17-7-5-4-6-8-17)31-22-26-25-19(27(22)2)13-14-23-21(29)16-9-11-18(30-3)12-10-16/h9-12,15,17H,4-8,13-14H2,1-3H3,(H,23,29)(H,24,28)/t15-/m1/s1. The molecular formula is C22H31N5O3S. The zero-order valence-electron chi connectivity index (χ0n) is 18.4. The minimum Gasteiger partial charge on any atom is -0.497 e. The third kappa shape index (κ3) is 6.46. The van der Waals surface area contributed by atoms with Crippen LogP contribution in [0.15, 0.2) is 29.4 Å². The van der Waals surface area contributed by atoms with Crippen molar-refractivity contribution in [2.45, 2.75) is 61.9 Å². The van der Waals surface area contributed by atoms with Gasteiger partial charge in [0.05, 0.1) is 12.4 Å². The SMILES string of the molecule is COc1ccc(C(=O)NCCc2nnc(S[C@H](C)C(=O)NC3CCCCC3)n2C)cc1. The van der Waals surface area contributed by atoms with Gasteiger partial charge in [0.1, 0.15) is 11.6 Å². The summed E-state index contributed by atoms with van der Waals surface area (Å²) in [6.07, 6.45) is 6.33. The Balaban J connectivity index is 1.46. The van der Waals surface area contributed by atoms with Crippen molar-refractivity contribution in [2.24, 2.45) is 7.05 Å². The van der Waals surface area contributed by atoms with Crippen molar-refractivity contribution in [3.8, 4) is 5.75 Å². The maximum atomic E-state index is 12.5. The van der Waals surface area contributed by atoms with Gasteiger partial charge in [0, 0.05) is 31.6 Å². The van der Waals surface area contributed by atoms with E-state index in [1.807, 2.05) is 18.5 Å². The molecule has 0 spiro atoms. The summed E-state index contributed by atoms with van der Waals surface area (Å²) in [5, 5.41) is 15.0. The van der Waals surface area contributed by atoms with Crippen molar-refractivity contribution in [3.05, 3.63) is 35.7 Å². The molecule has 1 aliphatic carbocycles. The molecule has 1 fully saturated rings. The van der Waals surface area contributed by atoms with E-state index in [2.05, 4.69) is 20.8 Å². The number of methoxy groups -OCH3 is 1. The first-order valence-corrected chi connectivity index (χ1v) is 11.6. The molecule has 1 aromatic carbocycles. The largest absolute Gasteiger partial charge is 0.497 e. The van der Waals surface area contributed by atoms with E-state index in [9.17, 15) is 9.59 Å². The lowest BCUT2D eigenvalue weighted by Gasteiger charge is -2.24. The Morgan fingerprint density at radius 2 is 1.90 bits per heavy atom. The molecule has 1 saturated carbocycles. The molecule has 8 nitrogen and oxygen atoms in total. The highest BCUT2D eigenvalue weighted by molar-refractivity contribution is 8.00. The molecule has 0 saturated heterocycles. The molecule has 1 heterocycles. The lowest BCUT2D eigenvalue weighted by atomic mass is 9.95. The number of amides is 2. The van der Waals surface area contributed by atoms with Crippen molar-refractivity contribution in [3.63, 3.8) is 0 Å². The number of aromatic nitrogens is 3. The van der Waals surface area contributed by atoms with Gasteiger partial charge in [-0.2, -0.15) is 0 Å². The Morgan fingerprint density at radius 1 is 1.19 bits per heavy atom. The van der Waals surface area contributed by atoms with Crippen molar-refractivity contribution in [1.29, 1.82) is 0 Å². The lowest BCUT2D eigenvalue weighted by Crippen LogP contribution is -2.40. The van der Waals surface area contributed by atoms with Crippen LogP contribution < -0.4 is 15.4 Å². The fourth-order valence-electron chi connectivity index (χ4n) is 3.57. The molecule has 0 unspecified atom stereocenters. The molecule has 0 aliphatic heterocycles. The number of carbonyl (C=O) groups excluding carboxylic acids is 2. The molecule has 31 heavy (non-hydrogen) atoms. The molecule has 1 aromatic heterocycles. The zero-order chi connectivity index (χ0) is 22.2. The molecule has 168 valence electrons. The van der Waals surface area contributed by atoms with Crippen LogP contribution in [0, 0.1) is 0 Å². The normalized spacial score (nSPS) is 15.3. The molecule has 2 N–H and O–H groups in total. The van der Waals surface area contributed by atoms with Gasteiger partial charge in [-0.15, -0.1) is 10.2 Å². The molecule has 9 heteroatoms. The van der Waals surface area contributed by atoms with Crippen molar-refractivity contribution in [2.75, 3.05) is 13.7 Å². The Bertz CT molecular complexity index is 878. The van der Waals surface area contributed by atoms with Crippen molar-refractivity contribution >= 4 is 23.6 Å². The summed E-state index contributed by atoms with van der Waals surface area (Å²) < 4.78 is 6.99. The Kier molecular flexibility index (Phi) is 8.34. The molecule has 0 radical (unpaired) electrons. The average Bonchev–Trinajstić information content (AvgIpc) is 3.13. The second-order valence-corrected chi connectivity index (χ2v) is 9.10. The Hall–Kier alpha value is -2.55. The summed E-state index contributed by atoms with van der Waals surface area (Å²) in [4.78, 5) is 24.8. The number of ether oxygens (including phenoxy) is 1. The minimum atomic E-state index is -0.243. The van der Waals surface area contributed by atoms with Gasteiger partial charge in [-0.25, -0.2) is 0 Å². The fraction of sp³-hybridized carbons (Fsp3) is 0.545. The van der Waals surface area contributed by atoms with Gasteiger partial charge in [-0.3, -0.25) is 9.59 Å². The van der Waals surface area contributed by atoms with Gasteiger partial charge in [-0.1, -0.05) is 31.0 Å². The first-order chi connectivity index (χ1) is 15.0. The molecule has 2 aromatic rings. The molecule has 0 bridgehead atoms. The van der Waals surface area contributed by atoms with Crippen LogP contribution in [0.2, 0.25) is 0 Å². The number of thioether (sulfide) groups is 1. The highest BCUT2D eigenvalue weighted by Gasteiger charge is 2.22. The third-order valence-electron chi connectivity index (χ3n) is 5.51. The van der Waals surface area contributed by atoms with E-state index in [1.54, 1.807) is 31.4 Å². The average molecular weight is 446 g/mol. The quantitative estimate of drug-likeness (QED) is 0.576. The van der Waals surface area contributed by atoms with E-state index in [-0.39, 0.29) is 17.1 Å². The topological polar surface area (TPSA) is 98.1 Å². The van der Waals surface area contributed by atoms with Crippen molar-refractivity contribution < 1.29 is 14.3 Å². The molecule has 3 rings (SSSR count). The van der Waals surface area contributed by atoms with E-state index >= 15 is 0 Å². The van der Waals surface area contributed by atoms with Gasteiger partial charge in [0.25, 0.3) is 5.91 Å². The van der Waals surface area contributed by atoms with Crippen LogP contribution in [0.5, 0.6) is 5.75 Å². The van der Waals surface area contributed by atoms with Gasteiger partial charge < -0.3 is 19.9 Å². The number of nitrogens with zero attached hydrogens (tertiary/aromatic N) is 3. The fourth-order valence-corrected chi connectivity index (χ4v) is 4.42. The summed E-state index contributed by atoms with van der Waals surface area (Å²) in [5.41, 5.74) is 0.577. The lowest BCUT2D eigenvalue weighted by molar-refractivity contribution is -0.121. The number of nitrogens with one attached hydrogen (secondary N) is 2. The first-order valence-electron chi connectivity index (χ1n) is 10.8. The van der Waals surface area contributed by atoms with Gasteiger partial charge in [0.15, 0.2) is 5.16 Å². The van der Waals surface area contributed by atoms with Crippen LogP contribution in [0.25, 0.3) is 0 Å². The first kappa shape index (κ1) is 23.1. The van der Waals surface area contributed by atoms with E-state index in [4.69, 9.17) is 4.74 Å². The van der Waals surface area contributed by atoms with Crippen LogP contribution in [-0.2, 0) is 18.3 Å². The maximum absolute atomic E-state index is 12.5. The molecule has 1 aliphatic rings. The zero-order valence-corrected chi connectivity index (χ0v) is 19.2. The second kappa shape index (κ2) is 11.2.